The molecule has 0 amide bonds. The number of para-hydroxylation sites is 1. The Morgan fingerprint density at radius 2 is 1.85 bits per heavy atom. The summed E-state index contributed by atoms with van der Waals surface area (Å²) in [4.78, 5) is 4.47. The van der Waals surface area contributed by atoms with Crippen molar-refractivity contribution in [2.24, 2.45) is 0 Å². The minimum atomic E-state index is 0.602. The van der Waals surface area contributed by atoms with Crippen LogP contribution in [0.1, 0.15) is 0 Å². The molecule has 20 heavy (non-hydrogen) atoms. The lowest BCUT2D eigenvalue weighted by Gasteiger charge is -2.09. The predicted octanol–water partition coefficient (Wildman–Crippen LogP) is 3.72. The van der Waals surface area contributed by atoms with Crippen LogP contribution >= 0.6 is 0 Å². The third-order valence-electron chi connectivity index (χ3n) is 3.22. The summed E-state index contributed by atoms with van der Waals surface area (Å²) in [5, 5.41) is 1.11. The summed E-state index contributed by atoms with van der Waals surface area (Å²) >= 11 is 0. The maximum atomic E-state index is 5.31. The molecule has 0 atom stereocenters. The first kappa shape index (κ1) is 12.5. The highest BCUT2D eigenvalue weighted by Crippen LogP contribution is 2.32. The Morgan fingerprint density at radius 1 is 1.00 bits per heavy atom. The van der Waals surface area contributed by atoms with Gasteiger partial charge in [0.2, 0.25) is 0 Å². The van der Waals surface area contributed by atoms with Crippen molar-refractivity contribution in [1.82, 2.24) is 4.98 Å². The topological polar surface area (TPSA) is 31.4 Å². The fourth-order valence-electron chi connectivity index (χ4n) is 2.17. The number of rotatable bonds is 3. The minimum absolute atomic E-state index is 0.602. The molecular weight excluding hydrogens is 250 g/mol. The minimum Gasteiger partial charge on any atom is -0.493 e. The van der Waals surface area contributed by atoms with E-state index in [1.165, 1.54) is 0 Å². The lowest BCUT2D eigenvalue weighted by Crippen LogP contribution is -1.91. The number of nitrogens with zero attached hydrogens (tertiary/aromatic N) is 1. The summed E-state index contributed by atoms with van der Waals surface area (Å²) in [5.41, 5.74) is 3.02. The molecule has 0 saturated heterocycles. The maximum absolute atomic E-state index is 5.31. The Balaban J connectivity index is 2.10. The molecule has 1 aromatic heterocycles. The van der Waals surface area contributed by atoms with Crippen LogP contribution in [0.2, 0.25) is 0 Å². The van der Waals surface area contributed by atoms with Gasteiger partial charge in [-0.05, 0) is 29.8 Å². The summed E-state index contributed by atoms with van der Waals surface area (Å²) in [6.45, 7) is 0. The number of benzene rings is 2. The summed E-state index contributed by atoms with van der Waals surface area (Å²) in [5.74, 6) is 1.27. The van der Waals surface area contributed by atoms with Crippen molar-refractivity contribution in [3.63, 3.8) is 0 Å². The molecule has 0 aliphatic carbocycles. The Labute approximate surface area is 117 Å². The van der Waals surface area contributed by atoms with E-state index in [0.29, 0.717) is 11.5 Å². The number of pyridine rings is 1. The summed E-state index contributed by atoms with van der Waals surface area (Å²) in [6, 6.07) is 17.0. The third-order valence-corrected chi connectivity index (χ3v) is 3.22. The standard InChI is InChI=1S/C17H14NO2/c1-19-16-8-7-12(10-17(16)20-2)14-9-13-5-3-4-6-15(13)18-11-14/h3-7,9-11H,1-2H3. The van der Waals surface area contributed by atoms with E-state index in [1.807, 2.05) is 36.5 Å². The summed E-state index contributed by atoms with van der Waals surface area (Å²) < 4.78 is 10.5. The lowest BCUT2D eigenvalue weighted by atomic mass is 10.0. The first-order valence-electron chi connectivity index (χ1n) is 6.30. The Kier molecular flexibility index (Phi) is 3.25. The van der Waals surface area contributed by atoms with E-state index in [9.17, 15) is 0 Å². The highest BCUT2D eigenvalue weighted by molar-refractivity contribution is 5.83. The molecule has 0 bridgehead atoms. The molecule has 0 N–H and O–H groups in total. The zero-order valence-corrected chi connectivity index (χ0v) is 11.4. The van der Waals surface area contributed by atoms with Crippen LogP contribution in [0.15, 0.2) is 48.7 Å². The van der Waals surface area contributed by atoms with Gasteiger partial charge in [-0.15, -0.1) is 0 Å². The number of hydrogen-bond acceptors (Lipinski definition) is 3. The average Bonchev–Trinajstić information content (AvgIpc) is 2.53. The second-order valence-electron chi connectivity index (χ2n) is 4.41. The van der Waals surface area contributed by atoms with Crippen LogP contribution in [0.4, 0.5) is 0 Å². The van der Waals surface area contributed by atoms with Gasteiger partial charge >= 0.3 is 0 Å². The van der Waals surface area contributed by atoms with Crippen LogP contribution in [0.25, 0.3) is 22.0 Å². The van der Waals surface area contributed by atoms with Crippen LogP contribution in [-0.2, 0) is 0 Å². The van der Waals surface area contributed by atoms with Gasteiger partial charge < -0.3 is 9.47 Å². The number of methoxy groups -OCH3 is 2. The van der Waals surface area contributed by atoms with Gasteiger partial charge in [0.15, 0.2) is 11.5 Å². The van der Waals surface area contributed by atoms with E-state index in [0.717, 1.165) is 22.0 Å². The largest absolute Gasteiger partial charge is 0.493 e. The average molecular weight is 264 g/mol. The van der Waals surface area contributed by atoms with E-state index in [1.54, 1.807) is 14.2 Å². The molecule has 0 aliphatic heterocycles. The van der Waals surface area contributed by atoms with Crippen LogP contribution in [0, 0.1) is 6.07 Å². The predicted molar refractivity (Wildman–Crippen MR) is 79.1 cm³/mol. The van der Waals surface area contributed by atoms with E-state index in [-0.39, 0.29) is 0 Å². The molecule has 3 aromatic rings. The highest BCUT2D eigenvalue weighted by atomic mass is 16.5. The number of ether oxygens (including phenoxy) is 2. The molecule has 3 nitrogen and oxygen atoms in total. The first-order chi connectivity index (χ1) is 9.81. The van der Waals surface area contributed by atoms with Crippen LogP contribution in [0.3, 0.4) is 0 Å². The van der Waals surface area contributed by atoms with Gasteiger partial charge in [0, 0.05) is 23.2 Å². The second-order valence-corrected chi connectivity index (χ2v) is 4.41. The monoisotopic (exact) mass is 264 g/mol. The molecule has 0 fully saturated rings. The second kappa shape index (κ2) is 5.21. The Bertz CT molecular complexity index is 753. The van der Waals surface area contributed by atoms with Crippen LogP contribution in [-0.4, -0.2) is 19.2 Å². The van der Waals surface area contributed by atoms with E-state index in [2.05, 4.69) is 23.2 Å². The highest BCUT2D eigenvalue weighted by Gasteiger charge is 2.07. The summed E-state index contributed by atoms with van der Waals surface area (Å²) in [7, 11) is 3.22. The Hall–Kier alpha value is -2.55. The molecule has 0 spiro atoms. The van der Waals surface area contributed by atoms with Crippen LogP contribution in [0.5, 0.6) is 11.5 Å². The molecule has 2 aromatic carbocycles. The van der Waals surface area contributed by atoms with Gasteiger partial charge in [-0.1, -0.05) is 18.2 Å². The molecule has 3 rings (SSSR count). The molecule has 0 aliphatic rings. The van der Waals surface area contributed by atoms with Crippen molar-refractivity contribution in [1.29, 1.82) is 0 Å². The van der Waals surface area contributed by atoms with Crippen LogP contribution < -0.4 is 9.47 Å². The lowest BCUT2D eigenvalue weighted by molar-refractivity contribution is 0.354. The van der Waals surface area contributed by atoms with Crippen molar-refractivity contribution >= 4 is 10.9 Å². The molecule has 0 saturated carbocycles. The molecule has 0 unspecified atom stereocenters. The molecular formula is C17H14NO2. The van der Waals surface area contributed by atoms with E-state index >= 15 is 0 Å². The first-order valence-corrected chi connectivity index (χ1v) is 6.30. The van der Waals surface area contributed by atoms with Gasteiger partial charge in [-0.3, -0.25) is 4.98 Å². The van der Waals surface area contributed by atoms with Gasteiger partial charge in [0.05, 0.1) is 19.7 Å². The van der Waals surface area contributed by atoms with Crippen molar-refractivity contribution in [2.75, 3.05) is 14.2 Å². The van der Waals surface area contributed by atoms with Crippen molar-refractivity contribution in [2.45, 2.75) is 0 Å². The van der Waals surface area contributed by atoms with Crippen molar-refractivity contribution < 1.29 is 9.47 Å². The zero-order valence-electron chi connectivity index (χ0n) is 11.4. The molecule has 99 valence electrons. The Morgan fingerprint density at radius 3 is 2.65 bits per heavy atom. The van der Waals surface area contributed by atoms with Gasteiger partial charge in [-0.25, -0.2) is 0 Å². The molecule has 1 radical (unpaired) electrons. The zero-order chi connectivity index (χ0) is 13.9. The summed E-state index contributed by atoms with van der Waals surface area (Å²) in [6.07, 6.45) is 1.86. The van der Waals surface area contributed by atoms with Gasteiger partial charge in [0.1, 0.15) is 0 Å². The number of aromatic nitrogens is 1. The maximum Gasteiger partial charge on any atom is 0.168 e. The molecule has 3 heteroatoms. The van der Waals surface area contributed by atoms with Gasteiger partial charge in [0.25, 0.3) is 0 Å². The third kappa shape index (κ3) is 2.18. The van der Waals surface area contributed by atoms with Crippen molar-refractivity contribution in [3.05, 3.63) is 54.7 Å². The van der Waals surface area contributed by atoms with Gasteiger partial charge in [-0.2, -0.15) is 0 Å². The van der Waals surface area contributed by atoms with Crippen molar-refractivity contribution in [3.8, 4) is 22.6 Å². The SMILES string of the molecule is COc1[c]cc(-c2cnc3ccccc3c2)cc1OC. The fourth-order valence-corrected chi connectivity index (χ4v) is 2.17. The normalized spacial score (nSPS) is 10.5. The van der Waals surface area contributed by atoms with E-state index < -0.39 is 0 Å². The molecule has 1 heterocycles. The number of hydrogen-bond donors (Lipinski definition) is 0. The smallest absolute Gasteiger partial charge is 0.168 e. The van der Waals surface area contributed by atoms with E-state index in [4.69, 9.17) is 9.47 Å². The fraction of sp³-hybridized carbons (Fsp3) is 0.118. The number of fused-ring (bicyclic) bond motifs is 1. The quantitative estimate of drug-likeness (QED) is 0.722.